The standard InChI is InChI=1S/C26H38O4Si/c1-18(24(27)20-10-14-22(28-6)15-11-20)19(2)25(30-31(8,9)26(3,4)5)21-12-16-23(29-7)17-13-21/h10-19,25H,1-9H3/t18-,19-,25-/m0/s1. The zero-order valence-electron chi connectivity index (χ0n) is 20.5. The normalized spacial score (nSPS) is 15.1. The van der Waals surface area contributed by atoms with Crippen LogP contribution in [0.25, 0.3) is 0 Å². The lowest BCUT2D eigenvalue weighted by Gasteiger charge is -2.42. The first-order valence-corrected chi connectivity index (χ1v) is 13.8. The number of carbonyl (C=O) groups excluding carboxylic acids is 1. The van der Waals surface area contributed by atoms with Gasteiger partial charge < -0.3 is 13.9 Å². The lowest BCUT2D eigenvalue weighted by atomic mass is 9.82. The van der Waals surface area contributed by atoms with E-state index >= 15 is 0 Å². The largest absolute Gasteiger partial charge is 0.497 e. The summed E-state index contributed by atoms with van der Waals surface area (Å²) in [6.07, 6.45) is -0.177. The predicted octanol–water partition coefficient (Wildman–Crippen LogP) is 6.92. The summed E-state index contributed by atoms with van der Waals surface area (Å²) in [5.41, 5.74) is 1.77. The van der Waals surface area contributed by atoms with Gasteiger partial charge in [-0.1, -0.05) is 46.8 Å². The highest BCUT2D eigenvalue weighted by molar-refractivity contribution is 6.74. The molecule has 0 N–H and O–H groups in total. The van der Waals surface area contributed by atoms with E-state index in [0.29, 0.717) is 5.56 Å². The molecule has 5 heteroatoms. The molecule has 0 heterocycles. The maximum absolute atomic E-state index is 13.3. The van der Waals surface area contributed by atoms with Crippen LogP contribution in [-0.2, 0) is 4.43 Å². The highest BCUT2D eigenvalue weighted by Gasteiger charge is 2.42. The van der Waals surface area contributed by atoms with Gasteiger partial charge in [0, 0.05) is 11.5 Å². The first-order chi connectivity index (χ1) is 14.4. The Morgan fingerprint density at radius 3 is 1.71 bits per heavy atom. The van der Waals surface area contributed by atoms with E-state index in [1.807, 2.05) is 43.3 Å². The van der Waals surface area contributed by atoms with Gasteiger partial charge in [-0.3, -0.25) is 4.79 Å². The van der Waals surface area contributed by atoms with Crippen LogP contribution in [0.3, 0.4) is 0 Å². The Balaban J connectivity index is 2.36. The number of Topliss-reactive ketones (excluding diaryl/α,β-unsaturated/α-hetero) is 1. The highest BCUT2D eigenvalue weighted by atomic mass is 28.4. The Morgan fingerprint density at radius 2 is 1.29 bits per heavy atom. The van der Waals surface area contributed by atoms with Gasteiger partial charge in [-0.25, -0.2) is 0 Å². The lowest BCUT2D eigenvalue weighted by molar-refractivity contribution is 0.0694. The average molecular weight is 443 g/mol. The highest BCUT2D eigenvalue weighted by Crippen LogP contribution is 2.43. The Morgan fingerprint density at radius 1 is 0.839 bits per heavy atom. The third-order valence-electron chi connectivity index (χ3n) is 6.73. The summed E-state index contributed by atoms with van der Waals surface area (Å²) in [6.45, 7) is 15.3. The minimum Gasteiger partial charge on any atom is -0.497 e. The molecule has 0 fully saturated rings. The predicted molar refractivity (Wildman–Crippen MR) is 130 cm³/mol. The number of hydrogen-bond acceptors (Lipinski definition) is 4. The minimum absolute atomic E-state index is 0.00267. The van der Waals surface area contributed by atoms with Crippen LogP contribution in [0.1, 0.15) is 56.6 Å². The Kier molecular flexibility index (Phi) is 8.12. The number of carbonyl (C=O) groups is 1. The van der Waals surface area contributed by atoms with E-state index in [4.69, 9.17) is 13.9 Å². The van der Waals surface area contributed by atoms with Crippen molar-refractivity contribution in [2.75, 3.05) is 14.2 Å². The van der Waals surface area contributed by atoms with Gasteiger partial charge in [-0.05, 0) is 66.0 Å². The van der Waals surface area contributed by atoms with E-state index in [0.717, 1.165) is 17.1 Å². The summed E-state index contributed by atoms with van der Waals surface area (Å²) < 4.78 is 17.4. The Hall–Kier alpha value is -2.11. The van der Waals surface area contributed by atoms with Crippen molar-refractivity contribution in [3.63, 3.8) is 0 Å². The van der Waals surface area contributed by atoms with Crippen LogP contribution in [0.4, 0.5) is 0 Å². The molecule has 0 amide bonds. The Bertz CT molecular complexity index is 850. The molecule has 4 nitrogen and oxygen atoms in total. The molecule has 2 aromatic carbocycles. The molecule has 0 bridgehead atoms. The molecule has 0 spiro atoms. The number of hydrogen-bond donors (Lipinski definition) is 0. The maximum atomic E-state index is 13.3. The SMILES string of the molecule is COc1ccc(C(=O)[C@@H](C)[C@H](C)[C@H](O[Si](C)(C)C(C)(C)C)c2ccc(OC)cc2)cc1. The van der Waals surface area contributed by atoms with Crippen molar-refractivity contribution in [3.05, 3.63) is 59.7 Å². The second-order valence-corrected chi connectivity index (χ2v) is 14.6. The van der Waals surface area contributed by atoms with Crippen molar-refractivity contribution in [3.8, 4) is 11.5 Å². The smallest absolute Gasteiger partial charge is 0.192 e. The number of ether oxygens (including phenoxy) is 2. The third kappa shape index (κ3) is 5.98. The van der Waals surface area contributed by atoms with Crippen molar-refractivity contribution < 1.29 is 18.7 Å². The van der Waals surface area contributed by atoms with Crippen molar-refractivity contribution >= 4 is 14.1 Å². The van der Waals surface area contributed by atoms with E-state index in [2.05, 4.69) is 52.9 Å². The summed E-state index contributed by atoms with van der Waals surface area (Å²) in [5.74, 6) is 1.47. The molecule has 31 heavy (non-hydrogen) atoms. The minimum atomic E-state index is -2.07. The van der Waals surface area contributed by atoms with Crippen LogP contribution in [0.15, 0.2) is 48.5 Å². The van der Waals surface area contributed by atoms with Gasteiger partial charge in [-0.2, -0.15) is 0 Å². The number of benzene rings is 2. The fraction of sp³-hybridized carbons (Fsp3) is 0.500. The van der Waals surface area contributed by atoms with Crippen LogP contribution in [0, 0.1) is 11.8 Å². The molecule has 0 aromatic heterocycles. The summed E-state index contributed by atoms with van der Waals surface area (Å²) in [4.78, 5) is 13.3. The van der Waals surface area contributed by atoms with Crippen LogP contribution in [-0.4, -0.2) is 28.3 Å². The van der Waals surface area contributed by atoms with E-state index in [-0.39, 0.29) is 28.8 Å². The van der Waals surface area contributed by atoms with Gasteiger partial charge in [0.1, 0.15) is 11.5 Å². The van der Waals surface area contributed by atoms with Crippen LogP contribution in [0.2, 0.25) is 18.1 Å². The van der Waals surface area contributed by atoms with Gasteiger partial charge >= 0.3 is 0 Å². The number of methoxy groups -OCH3 is 2. The van der Waals surface area contributed by atoms with E-state index < -0.39 is 8.32 Å². The van der Waals surface area contributed by atoms with Gasteiger partial charge in [0.15, 0.2) is 14.1 Å². The fourth-order valence-corrected chi connectivity index (χ4v) is 4.62. The molecule has 0 aliphatic heterocycles. The molecular formula is C26H38O4Si. The van der Waals surface area contributed by atoms with Crippen LogP contribution >= 0.6 is 0 Å². The molecule has 2 aromatic rings. The molecule has 170 valence electrons. The summed E-state index contributed by atoms with van der Waals surface area (Å²) >= 11 is 0. The summed E-state index contributed by atoms with van der Waals surface area (Å²) in [6, 6.07) is 15.4. The molecule has 0 saturated carbocycles. The second-order valence-electron chi connectivity index (χ2n) is 9.81. The zero-order valence-corrected chi connectivity index (χ0v) is 21.5. The van der Waals surface area contributed by atoms with Crippen molar-refractivity contribution in [1.29, 1.82) is 0 Å². The molecule has 3 atom stereocenters. The molecule has 0 aliphatic rings. The molecule has 2 rings (SSSR count). The molecular weight excluding hydrogens is 404 g/mol. The fourth-order valence-electron chi connectivity index (χ4n) is 3.29. The molecule has 0 saturated heterocycles. The third-order valence-corrected chi connectivity index (χ3v) is 11.2. The van der Waals surface area contributed by atoms with Gasteiger partial charge in [-0.15, -0.1) is 0 Å². The van der Waals surface area contributed by atoms with E-state index in [1.165, 1.54) is 0 Å². The summed E-state index contributed by atoms with van der Waals surface area (Å²) in [5, 5.41) is 0.0701. The molecule has 0 unspecified atom stereocenters. The molecule has 0 aliphatic carbocycles. The number of ketones is 1. The van der Waals surface area contributed by atoms with Gasteiger partial charge in [0.05, 0.1) is 20.3 Å². The van der Waals surface area contributed by atoms with Crippen molar-refractivity contribution in [1.82, 2.24) is 0 Å². The summed E-state index contributed by atoms with van der Waals surface area (Å²) in [7, 11) is 1.22. The quantitative estimate of drug-likeness (QED) is 0.312. The first kappa shape index (κ1) is 25.2. The monoisotopic (exact) mass is 442 g/mol. The topological polar surface area (TPSA) is 44.8 Å². The van der Waals surface area contributed by atoms with Gasteiger partial charge in [0.2, 0.25) is 0 Å². The Labute approximate surface area is 189 Å². The first-order valence-electron chi connectivity index (χ1n) is 10.9. The lowest BCUT2D eigenvalue weighted by Crippen LogP contribution is -2.43. The van der Waals surface area contributed by atoms with Crippen LogP contribution < -0.4 is 9.47 Å². The van der Waals surface area contributed by atoms with E-state index in [9.17, 15) is 4.79 Å². The second kappa shape index (κ2) is 10.0. The molecule has 0 radical (unpaired) electrons. The van der Waals surface area contributed by atoms with E-state index in [1.54, 1.807) is 14.2 Å². The van der Waals surface area contributed by atoms with Crippen LogP contribution in [0.5, 0.6) is 11.5 Å². The average Bonchev–Trinajstić information content (AvgIpc) is 2.75. The van der Waals surface area contributed by atoms with Crippen molar-refractivity contribution in [2.45, 2.75) is 58.9 Å². The maximum Gasteiger partial charge on any atom is 0.192 e. The van der Waals surface area contributed by atoms with Gasteiger partial charge in [0.25, 0.3) is 0 Å². The zero-order chi connectivity index (χ0) is 23.4. The van der Waals surface area contributed by atoms with Crippen molar-refractivity contribution in [2.24, 2.45) is 11.8 Å². The number of rotatable bonds is 9.